The topological polar surface area (TPSA) is 72.2 Å². The van der Waals surface area contributed by atoms with Crippen molar-refractivity contribution < 1.29 is 9.59 Å². The Labute approximate surface area is 156 Å². The highest BCUT2D eigenvalue weighted by Gasteiger charge is 2.20. The first kappa shape index (κ1) is 17.9. The average Bonchev–Trinajstić information content (AvgIpc) is 2.97. The van der Waals surface area contributed by atoms with Crippen LogP contribution in [0.15, 0.2) is 54.6 Å². The molecule has 2 aromatic carbocycles. The summed E-state index contributed by atoms with van der Waals surface area (Å²) in [7, 11) is 0. The molecule has 0 saturated heterocycles. The molecule has 0 aliphatic carbocycles. The van der Waals surface area contributed by atoms with Gasteiger partial charge in [0.1, 0.15) is 5.00 Å². The van der Waals surface area contributed by atoms with Gasteiger partial charge in [-0.1, -0.05) is 49.4 Å². The zero-order chi connectivity index (χ0) is 18.7. The second kappa shape index (κ2) is 7.54. The van der Waals surface area contributed by atoms with Crippen LogP contribution >= 0.6 is 11.3 Å². The van der Waals surface area contributed by atoms with Crippen molar-refractivity contribution in [2.45, 2.75) is 20.3 Å². The Hall–Kier alpha value is -2.92. The molecule has 26 heavy (non-hydrogen) atoms. The molecule has 0 fully saturated rings. The van der Waals surface area contributed by atoms with Crippen molar-refractivity contribution in [3.8, 4) is 11.1 Å². The van der Waals surface area contributed by atoms with Crippen molar-refractivity contribution in [1.29, 1.82) is 0 Å². The number of primary amides is 1. The predicted octanol–water partition coefficient (Wildman–Crippen LogP) is 4.64. The van der Waals surface area contributed by atoms with E-state index in [1.54, 1.807) is 12.1 Å². The van der Waals surface area contributed by atoms with Crippen LogP contribution in [0, 0.1) is 6.92 Å². The molecule has 0 saturated carbocycles. The summed E-state index contributed by atoms with van der Waals surface area (Å²) in [6.45, 7) is 3.90. The molecule has 1 aromatic heterocycles. The molecule has 0 atom stereocenters. The van der Waals surface area contributed by atoms with Crippen LogP contribution in [0.4, 0.5) is 5.00 Å². The lowest BCUT2D eigenvalue weighted by Gasteiger charge is -2.07. The number of carbonyl (C=O) groups excluding carboxylic acids is 2. The van der Waals surface area contributed by atoms with Gasteiger partial charge in [0.25, 0.3) is 11.8 Å². The van der Waals surface area contributed by atoms with E-state index in [4.69, 9.17) is 5.73 Å². The number of thiophene rings is 1. The number of nitrogens with one attached hydrogen (secondary N) is 1. The monoisotopic (exact) mass is 364 g/mol. The fraction of sp³-hybridized carbons (Fsp3) is 0.143. The maximum atomic E-state index is 12.6. The van der Waals surface area contributed by atoms with E-state index in [9.17, 15) is 9.59 Å². The number of amides is 2. The number of anilines is 1. The molecular formula is C21H20N2O2S. The zero-order valence-electron chi connectivity index (χ0n) is 14.7. The molecule has 0 spiro atoms. The van der Waals surface area contributed by atoms with Gasteiger partial charge >= 0.3 is 0 Å². The molecule has 4 nitrogen and oxygen atoms in total. The number of benzene rings is 2. The Morgan fingerprint density at radius 1 is 1.00 bits per heavy atom. The molecule has 2 amide bonds. The molecule has 0 radical (unpaired) electrons. The molecule has 1 heterocycles. The quantitative estimate of drug-likeness (QED) is 0.692. The first-order valence-corrected chi connectivity index (χ1v) is 9.21. The van der Waals surface area contributed by atoms with Crippen LogP contribution in [0.3, 0.4) is 0 Å². The Morgan fingerprint density at radius 3 is 2.19 bits per heavy atom. The number of rotatable bonds is 5. The highest BCUT2D eigenvalue weighted by Crippen LogP contribution is 2.33. The van der Waals surface area contributed by atoms with E-state index in [1.807, 2.05) is 56.3 Å². The largest absolute Gasteiger partial charge is 0.365 e. The van der Waals surface area contributed by atoms with Gasteiger partial charge in [0.15, 0.2) is 0 Å². The van der Waals surface area contributed by atoms with E-state index in [0.29, 0.717) is 22.5 Å². The van der Waals surface area contributed by atoms with Gasteiger partial charge in [-0.2, -0.15) is 0 Å². The molecule has 3 aromatic rings. The molecule has 132 valence electrons. The van der Waals surface area contributed by atoms with Crippen molar-refractivity contribution >= 4 is 28.2 Å². The summed E-state index contributed by atoms with van der Waals surface area (Å²) in [5, 5.41) is 3.36. The fourth-order valence-corrected chi connectivity index (χ4v) is 4.12. The first-order chi connectivity index (χ1) is 12.5. The van der Waals surface area contributed by atoms with Crippen LogP contribution in [0.1, 0.15) is 38.1 Å². The zero-order valence-corrected chi connectivity index (χ0v) is 15.5. The van der Waals surface area contributed by atoms with Crippen LogP contribution in [-0.2, 0) is 6.42 Å². The van der Waals surface area contributed by atoms with E-state index >= 15 is 0 Å². The van der Waals surface area contributed by atoms with Gasteiger partial charge in [0, 0.05) is 10.4 Å². The lowest BCUT2D eigenvalue weighted by molar-refractivity contribution is 0.100. The molecule has 0 aliphatic rings. The van der Waals surface area contributed by atoms with Crippen molar-refractivity contribution in [2.75, 3.05) is 5.32 Å². The van der Waals surface area contributed by atoms with E-state index in [-0.39, 0.29) is 5.91 Å². The summed E-state index contributed by atoms with van der Waals surface area (Å²) in [5.74, 6) is -0.767. The highest BCUT2D eigenvalue weighted by atomic mass is 32.1. The average molecular weight is 364 g/mol. The van der Waals surface area contributed by atoms with Crippen LogP contribution in [0.5, 0.6) is 0 Å². The van der Waals surface area contributed by atoms with E-state index in [0.717, 1.165) is 21.6 Å². The maximum absolute atomic E-state index is 12.6. The second-order valence-electron chi connectivity index (χ2n) is 5.96. The lowest BCUT2D eigenvalue weighted by atomic mass is 10.0. The minimum absolute atomic E-state index is 0.254. The predicted molar refractivity (Wildman–Crippen MR) is 107 cm³/mol. The van der Waals surface area contributed by atoms with E-state index in [1.165, 1.54) is 11.3 Å². The van der Waals surface area contributed by atoms with Gasteiger partial charge in [-0.25, -0.2) is 0 Å². The summed E-state index contributed by atoms with van der Waals surface area (Å²) in [5.41, 5.74) is 9.51. The van der Waals surface area contributed by atoms with Gasteiger partial charge in [0.2, 0.25) is 0 Å². The number of carbonyl (C=O) groups is 2. The molecule has 3 N–H and O–H groups in total. The highest BCUT2D eigenvalue weighted by molar-refractivity contribution is 7.16. The van der Waals surface area contributed by atoms with Crippen LogP contribution in [0.25, 0.3) is 11.1 Å². The summed E-state index contributed by atoms with van der Waals surface area (Å²) >= 11 is 1.38. The molecule has 0 aliphatic heterocycles. The van der Waals surface area contributed by atoms with Crippen molar-refractivity contribution in [3.05, 3.63) is 76.2 Å². The summed E-state index contributed by atoms with van der Waals surface area (Å²) in [6.07, 6.45) is 0.697. The SMILES string of the molecule is CCc1c(C)sc(NC(=O)c2ccc(-c3ccccc3)cc2)c1C(N)=O. The summed E-state index contributed by atoms with van der Waals surface area (Å²) in [4.78, 5) is 25.4. The van der Waals surface area contributed by atoms with Crippen molar-refractivity contribution in [1.82, 2.24) is 0 Å². The maximum Gasteiger partial charge on any atom is 0.256 e. The van der Waals surface area contributed by atoms with E-state index < -0.39 is 5.91 Å². The Bertz CT molecular complexity index is 944. The van der Waals surface area contributed by atoms with Crippen molar-refractivity contribution in [3.63, 3.8) is 0 Å². The number of hydrogen-bond acceptors (Lipinski definition) is 3. The molecule has 0 unspecified atom stereocenters. The van der Waals surface area contributed by atoms with Crippen LogP contribution in [-0.4, -0.2) is 11.8 Å². The third-order valence-electron chi connectivity index (χ3n) is 4.29. The lowest BCUT2D eigenvalue weighted by Crippen LogP contribution is -2.17. The van der Waals surface area contributed by atoms with Crippen molar-refractivity contribution in [2.24, 2.45) is 5.73 Å². The number of hydrogen-bond donors (Lipinski definition) is 2. The van der Waals surface area contributed by atoms with Gasteiger partial charge in [-0.15, -0.1) is 11.3 Å². The van der Waals surface area contributed by atoms with Gasteiger partial charge < -0.3 is 11.1 Å². The van der Waals surface area contributed by atoms with Gasteiger partial charge in [0.05, 0.1) is 5.56 Å². The Balaban J connectivity index is 1.84. The number of nitrogens with two attached hydrogens (primary N) is 1. The molecular weight excluding hydrogens is 344 g/mol. The standard InChI is InChI=1S/C21H20N2O2S/c1-3-17-13(2)26-21(18(17)19(22)24)23-20(25)16-11-9-15(10-12-16)14-7-5-4-6-8-14/h4-12H,3H2,1-2H3,(H2,22,24)(H,23,25). The molecule has 3 rings (SSSR count). The molecule has 0 bridgehead atoms. The fourth-order valence-electron chi connectivity index (χ4n) is 2.97. The van der Waals surface area contributed by atoms with Gasteiger partial charge in [-0.05, 0) is 42.2 Å². The second-order valence-corrected chi connectivity index (χ2v) is 7.18. The minimum atomic E-state index is -0.513. The summed E-state index contributed by atoms with van der Waals surface area (Å²) in [6, 6.07) is 17.4. The third-order valence-corrected chi connectivity index (χ3v) is 5.35. The number of aryl methyl sites for hydroxylation is 1. The Kier molecular flexibility index (Phi) is 5.19. The first-order valence-electron chi connectivity index (χ1n) is 8.40. The summed E-state index contributed by atoms with van der Waals surface area (Å²) < 4.78 is 0. The smallest absolute Gasteiger partial charge is 0.256 e. The van der Waals surface area contributed by atoms with Gasteiger partial charge in [-0.3, -0.25) is 9.59 Å². The minimum Gasteiger partial charge on any atom is -0.365 e. The normalized spacial score (nSPS) is 10.5. The van der Waals surface area contributed by atoms with Crippen LogP contribution < -0.4 is 11.1 Å². The molecule has 5 heteroatoms. The third kappa shape index (κ3) is 3.53. The Morgan fingerprint density at radius 2 is 1.62 bits per heavy atom. The van der Waals surface area contributed by atoms with Crippen LogP contribution in [0.2, 0.25) is 0 Å². The van der Waals surface area contributed by atoms with E-state index in [2.05, 4.69) is 5.32 Å².